The van der Waals surface area contributed by atoms with E-state index in [2.05, 4.69) is 98.5 Å². The van der Waals surface area contributed by atoms with E-state index in [9.17, 15) is 4.79 Å². The second kappa shape index (κ2) is 48.6. The zero-order valence-electron chi connectivity index (χ0n) is 62.4. The molecular formula is C75H137NO19Si. The van der Waals surface area contributed by atoms with Gasteiger partial charge in [0.15, 0.2) is 0 Å². The molecule has 0 bridgehead atoms. The van der Waals surface area contributed by atoms with Gasteiger partial charge in [-0.05, 0) is 95.6 Å². The molecule has 96 heavy (non-hydrogen) atoms. The van der Waals surface area contributed by atoms with E-state index >= 15 is 0 Å². The number of carbonyl (C=O) groups excluding carboxylic acids is 1. The van der Waals surface area contributed by atoms with E-state index in [-0.39, 0.29) is 27.8 Å². The Morgan fingerprint density at radius 2 is 0.875 bits per heavy atom. The lowest BCUT2D eigenvalue weighted by molar-refractivity contribution is -0.187. The van der Waals surface area contributed by atoms with Crippen molar-refractivity contribution in [2.24, 2.45) is 38.4 Å². The summed E-state index contributed by atoms with van der Waals surface area (Å²) >= 11 is 0. The smallest absolute Gasteiger partial charge is 0.449 e. The van der Waals surface area contributed by atoms with Crippen molar-refractivity contribution in [3.63, 3.8) is 0 Å². The van der Waals surface area contributed by atoms with E-state index in [0.717, 1.165) is 208 Å². The van der Waals surface area contributed by atoms with Crippen LogP contribution in [0.1, 0.15) is 178 Å². The zero-order valence-corrected chi connectivity index (χ0v) is 63.4. The first-order chi connectivity index (χ1) is 46.6. The van der Waals surface area contributed by atoms with Gasteiger partial charge < -0.3 is 89.6 Å². The minimum absolute atomic E-state index is 0.0854. The molecule has 0 radical (unpaired) electrons. The summed E-state index contributed by atoms with van der Waals surface area (Å²) in [6.07, 6.45) is 17.0. The molecule has 560 valence electrons. The fourth-order valence-electron chi connectivity index (χ4n) is 11.0. The Hall–Kier alpha value is -2.23. The number of nitrogens with one attached hydrogen (secondary N) is 1. The summed E-state index contributed by atoms with van der Waals surface area (Å²) in [6.45, 7) is 53.0. The van der Waals surface area contributed by atoms with Crippen LogP contribution in [0.4, 0.5) is 4.79 Å². The summed E-state index contributed by atoms with van der Waals surface area (Å²) in [7, 11) is -2.50. The van der Waals surface area contributed by atoms with E-state index in [1.165, 1.54) is 36.8 Å². The second-order valence-corrected chi connectivity index (χ2v) is 30.8. The molecule has 1 aromatic rings. The summed E-state index contributed by atoms with van der Waals surface area (Å²) in [5.74, 6) is 0.764. The molecule has 0 spiro atoms. The molecule has 0 aromatic heterocycles. The zero-order chi connectivity index (χ0) is 69.8. The molecule has 1 aromatic carbocycles. The Balaban J connectivity index is 0.000000252. The number of unbranched alkanes of at least 4 members (excludes halogenated alkanes) is 2. The lowest BCUT2D eigenvalue weighted by Gasteiger charge is -2.44. The molecule has 8 saturated heterocycles. The molecule has 1 N–H and O–H groups in total. The normalized spacial score (nSPS) is 20.5. The van der Waals surface area contributed by atoms with Crippen molar-refractivity contribution in [1.29, 1.82) is 0 Å². The molecule has 21 heteroatoms. The van der Waals surface area contributed by atoms with Crippen molar-refractivity contribution in [2.45, 2.75) is 198 Å². The highest BCUT2D eigenvalue weighted by Gasteiger charge is 2.43. The third kappa shape index (κ3) is 31.2. The van der Waals surface area contributed by atoms with Crippen molar-refractivity contribution in [1.82, 2.24) is 5.32 Å². The second-order valence-electron chi connectivity index (χ2n) is 28.1. The fourth-order valence-corrected chi connectivity index (χ4v) is 13.6. The predicted molar refractivity (Wildman–Crippen MR) is 378 cm³/mol. The summed E-state index contributed by atoms with van der Waals surface area (Å²) in [6, 6.07) is 9.36. The molecule has 8 aliphatic rings. The monoisotopic (exact) mass is 1380 g/mol. The standard InChI is InChI=1S/C20H30O4.C15H32O5Si.C12H22O3.C11H21NO3.C11H22O2.C6H10O2/c1-3-19(13-23-14-19)11-21-9-17-5-7-18(8-6-17)10-22-12-20(4-2)15-24-16-20;1-5-15(13-17-14-15)12-16-10-9-11-21(18-6-2,19-7-3)20-8-4;1-3-11(5-13-6-11)9-15-10-12(4-2)7-14-8-12;1-3-5-6-12-10(13)15-9-11(4-2)7-14-8-11;1-3-5-6-10(4-2)7-13-11-8-12-9-11;1-2-3-8-6-4-7-5-6/h5-8H,3-4,9-16H2,1-2H3;5-14H2,1-4H3;3-10H2,1-2H3;3-9H2,1-2H3,(H,12,13);10-11H,3-9H2,1-2H3;2,6H,1,3-5H2. The number of alkyl carbamates (subject to hydrolysis) is 1. The highest BCUT2D eigenvalue weighted by molar-refractivity contribution is 6.60. The Kier molecular flexibility index (Phi) is 43.6. The fraction of sp³-hybridized carbons (Fsp3) is 0.880. The van der Waals surface area contributed by atoms with Crippen molar-refractivity contribution in [3.05, 3.63) is 48.0 Å². The van der Waals surface area contributed by atoms with Crippen LogP contribution >= 0.6 is 0 Å². The lowest BCUT2D eigenvalue weighted by atomic mass is 9.83. The molecule has 8 aliphatic heterocycles. The van der Waals surface area contributed by atoms with Crippen molar-refractivity contribution < 1.29 is 89.1 Å². The van der Waals surface area contributed by atoms with Crippen molar-refractivity contribution in [2.75, 3.05) is 192 Å². The van der Waals surface area contributed by atoms with Crippen LogP contribution in [0.25, 0.3) is 0 Å². The summed E-state index contributed by atoms with van der Waals surface area (Å²) in [5, 5.41) is 2.73. The number of carbonyl (C=O) groups is 1. The lowest BCUT2D eigenvalue weighted by Crippen LogP contribution is -2.49. The van der Waals surface area contributed by atoms with Crippen LogP contribution in [-0.2, 0) is 97.5 Å². The number of hydrogen-bond acceptors (Lipinski definition) is 19. The Morgan fingerprint density at radius 3 is 1.20 bits per heavy atom. The maximum atomic E-state index is 11.2. The van der Waals surface area contributed by atoms with Crippen molar-refractivity contribution in [3.8, 4) is 0 Å². The summed E-state index contributed by atoms with van der Waals surface area (Å²) in [5.41, 5.74) is 3.92. The first kappa shape index (κ1) is 86.2. The first-order valence-electron chi connectivity index (χ1n) is 37.3. The number of benzene rings is 1. The number of amides is 1. The van der Waals surface area contributed by atoms with Crippen LogP contribution in [0.2, 0.25) is 6.04 Å². The summed E-state index contributed by atoms with van der Waals surface area (Å²) < 4.78 is 98.6. The highest BCUT2D eigenvalue weighted by atomic mass is 28.4. The van der Waals surface area contributed by atoms with Gasteiger partial charge in [0, 0.05) is 72.7 Å². The van der Waals surface area contributed by atoms with Gasteiger partial charge in [0.05, 0.1) is 164 Å². The third-order valence-electron chi connectivity index (χ3n) is 19.9. The molecule has 1 unspecified atom stereocenters. The number of rotatable bonds is 45. The van der Waals surface area contributed by atoms with Crippen LogP contribution < -0.4 is 5.32 Å². The van der Waals surface area contributed by atoms with Crippen LogP contribution in [0.15, 0.2) is 36.9 Å². The van der Waals surface area contributed by atoms with E-state index in [1.54, 1.807) is 6.08 Å². The number of hydrogen-bond donors (Lipinski definition) is 1. The van der Waals surface area contributed by atoms with Gasteiger partial charge in [0.1, 0.15) is 18.8 Å². The minimum atomic E-state index is -2.50. The van der Waals surface area contributed by atoms with Gasteiger partial charge in [0.2, 0.25) is 0 Å². The van der Waals surface area contributed by atoms with E-state index in [1.807, 2.05) is 20.8 Å². The van der Waals surface area contributed by atoms with E-state index in [0.29, 0.717) is 89.0 Å². The molecule has 8 fully saturated rings. The van der Waals surface area contributed by atoms with Crippen molar-refractivity contribution >= 4 is 14.9 Å². The largest absolute Gasteiger partial charge is 0.501 e. The first-order valence-corrected chi connectivity index (χ1v) is 39.2. The maximum Gasteiger partial charge on any atom is 0.501 e. The molecule has 1 atom stereocenters. The predicted octanol–water partition coefficient (Wildman–Crippen LogP) is 13.4. The Morgan fingerprint density at radius 1 is 0.500 bits per heavy atom. The Bertz CT molecular complexity index is 1970. The topological polar surface area (TPSA) is 195 Å². The minimum Gasteiger partial charge on any atom is -0.449 e. The quantitative estimate of drug-likeness (QED) is 0.0367. The molecule has 8 heterocycles. The van der Waals surface area contributed by atoms with Gasteiger partial charge in [-0.2, -0.15) is 0 Å². The SMILES string of the molecule is C=CCOC1COC1.CCC1(COCC2(CC)COC2)COC1.CCC1(COCc2ccc(COCC3(CC)COC3)cc2)COC1.CCCCC(CC)COC1COC1.CCCCNC(=O)OCC1(CC)COC1.CCO[Si](CCCOCC1(CC)COC1)(OCC)OCC. The Labute approximate surface area is 582 Å². The van der Waals surface area contributed by atoms with Crippen LogP contribution in [0.5, 0.6) is 0 Å². The van der Waals surface area contributed by atoms with E-state index < -0.39 is 8.80 Å². The average Bonchev–Trinajstić information content (AvgIpc) is 0.886. The maximum absolute atomic E-state index is 11.2. The molecule has 0 aliphatic carbocycles. The van der Waals surface area contributed by atoms with Crippen LogP contribution in [-0.4, -0.2) is 219 Å². The van der Waals surface area contributed by atoms with Gasteiger partial charge in [-0.15, -0.1) is 6.58 Å². The van der Waals surface area contributed by atoms with Gasteiger partial charge in [0.25, 0.3) is 0 Å². The van der Waals surface area contributed by atoms with E-state index in [4.69, 9.17) is 84.3 Å². The van der Waals surface area contributed by atoms with Gasteiger partial charge in [-0.1, -0.05) is 118 Å². The van der Waals surface area contributed by atoms with Crippen LogP contribution in [0, 0.1) is 38.4 Å². The molecule has 0 saturated carbocycles. The van der Waals surface area contributed by atoms with Gasteiger partial charge in [-0.25, -0.2) is 4.79 Å². The molecule has 9 rings (SSSR count). The van der Waals surface area contributed by atoms with Gasteiger partial charge >= 0.3 is 14.9 Å². The van der Waals surface area contributed by atoms with Gasteiger partial charge in [-0.3, -0.25) is 0 Å². The highest BCUT2D eigenvalue weighted by Crippen LogP contribution is 2.37. The molecular weight excluding hydrogens is 1250 g/mol. The van der Waals surface area contributed by atoms with Crippen LogP contribution in [0.3, 0.4) is 0 Å². The molecule has 1 amide bonds. The third-order valence-corrected chi connectivity index (χ3v) is 23.1. The average molecular weight is 1380 g/mol. The molecule has 20 nitrogen and oxygen atoms in total. The number of ether oxygens (including phenoxy) is 15. The summed E-state index contributed by atoms with van der Waals surface area (Å²) in [4.78, 5) is 11.2.